The predicted molar refractivity (Wildman–Crippen MR) is 155 cm³/mol. The Morgan fingerprint density at radius 2 is 1.27 bits per heavy atom. The van der Waals surface area contributed by atoms with E-state index in [-0.39, 0.29) is 25.8 Å². The number of rotatable bonds is 9. The third-order valence-electron chi connectivity index (χ3n) is 6.51. The van der Waals surface area contributed by atoms with Gasteiger partial charge in [0.1, 0.15) is 19.0 Å². The lowest BCUT2D eigenvalue weighted by Crippen LogP contribution is -2.30. The van der Waals surface area contributed by atoms with E-state index in [0.29, 0.717) is 21.1 Å². The van der Waals surface area contributed by atoms with E-state index >= 15 is 0 Å². The van der Waals surface area contributed by atoms with Crippen molar-refractivity contribution in [3.63, 3.8) is 0 Å². The quantitative estimate of drug-likeness (QED) is 0.148. The molecule has 2 unspecified atom stereocenters. The Labute approximate surface area is 242 Å². The Kier molecular flexibility index (Phi) is 8.60. The molecule has 4 aromatic carbocycles. The van der Waals surface area contributed by atoms with E-state index in [0.717, 1.165) is 22.3 Å². The molecule has 0 saturated carbocycles. The molecule has 0 fully saturated rings. The summed E-state index contributed by atoms with van der Waals surface area (Å²) in [6.07, 6.45) is -0.557. The summed E-state index contributed by atoms with van der Waals surface area (Å²) < 4.78 is 31.5. The number of hydrogen-bond acceptors (Lipinski definition) is 6. The van der Waals surface area contributed by atoms with Gasteiger partial charge in [0.15, 0.2) is 0 Å². The lowest BCUT2D eigenvalue weighted by Gasteiger charge is -2.30. The summed E-state index contributed by atoms with van der Waals surface area (Å²) >= 11 is 11.9. The van der Waals surface area contributed by atoms with Gasteiger partial charge in [0.05, 0.1) is 23.8 Å². The molecule has 0 spiro atoms. The van der Waals surface area contributed by atoms with Crippen LogP contribution in [-0.4, -0.2) is 18.1 Å². The van der Waals surface area contributed by atoms with Crippen molar-refractivity contribution in [2.45, 2.75) is 19.6 Å². The normalized spacial score (nSPS) is 16.1. The van der Waals surface area contributed by atoms with Crippen LogP contribution < -0.4 is 9.83 Å². The van der Waals surface area contributed by atoms with Crippen LogP contribution >= 0.6 is 30.6 Å². The van der Waals surface area contributed by atoms with Crippen LogP contribution in [0.25, 0.3) is 11.1 Å². The van der Waals surface area contributed by atoms with E-state index in [1.165, 1.54) is 0 Å². The second kappa shape index (κ2) is 12.3. The van der Waals surface area contributed by atoms with Gasteiger partial charge in [-0.15, -0.1) is 0 Å². The second-order valence-electron chi connectivity index (χ2n) is 9.38. The average molecular weight is 595 g/mol. The Hall–Kier alpha value is -3.57. The molecular formula is C31H25Cl2O6P. The average Bonchev–Trinajstić information content (AvgIpc) is 2.96. The fourth-order valence-electron chi connectivity index (χ4n) is 4.48. The number of carbonyl (C=O) groups excluding carboxylic acids is 2. The van der Waals surface area contributed by atoms with Gasteiger partial charge in [0.2, 0.25) is 0 Å². The van der Waals surface area contributed by atoms with Crippen molar-refractivity contribution in [3.8, 4) is 16.9 Å². The number of carbonyl (C=O) groups is 2. The van der Waals surface area contributed by atoms with Gasteiger partial charge in [0, 0.05) is 15.6 Å². The number of esters is 2. The van der Waals surface area contributed by atoms with Gasteiger partial charge in [-0.3, -0.25) is 14.2 Å². The molecule has 204 valence electrons. The summed E-state index contributed by atoms with van der Waals surface area (Å²) in [5.74, 6) is -1.91. The summed E-state index contributed by atoms with van der Waals surface area (Å²) in [7, 11) is -3.63. The zero-order chi connectivity index (χ0) is 28.1. The molecule has 1 heterocycles. The molecule has 0 amide bonds. The summed E-state index contributed by atoms with van der Waals surface area (Å²) in [4.78, 5) is 26.3. The highest BCUT2D eigenvalue weighted by Crippen LogP contribution is 2.55. The standard InChI is InChI=1S/C31H25Cl2O6P/c32-24-13-9-21(10-14-24)18-37-30(34)17-23(31(35)38-19-22-11-15-25(33)16-12-22)20-40(36)29-8-4-2-6-27(29)26-5-1-3-7-28(26)39-40/h1-16,23H,17-20H2. The van der Waals surface area contributed by atoms with Crippen molar-refractivity contribution in [1.29, 1.82) is 0 Å². The molecule has 0 radical (unpaired) electrons. The fraction of sp³-hybridized carbons (Fsp3) is 0.161. The molecule has 0 bridgehead atoms. The van der Waals surface area contributed by atoms with E-state index in [2.05, 4.69) is 0 Å². The van der Waals surface area contributed by atoms with E-state index in [4.69, 9.17) is 37.2 Å². The van der Waals surface area contributed by atoms with Crippen molar-refractivity contribution in [1.82, 2.24) is 0 Å². The van der Waals surface area contributed by atoms with Gasteiger partial charge in [-0.05, 0) is 53.1 Å². The first-order valence-electron chi connectivity index (χ1n) is 12.6. The molecule has 6 nitrogen and oxygen atoms in total. The molecule has 0 aromatic heterocycles. The van der Waals surface area contributed by atoms with Gasteiger partial charge >= 0.3 is 11.9 Å². The Morgan fingerprint density at radius 3 is 1.93 bits per heavy atom. The molecule has 5 rings (SSSR count). The first kappa shape index (κ1) is 28.0. The fourth-order valence-corrected chi connectivity index (χ4v) is 7.31. The third-order valence-corrected chi connectivity index (χ3v) is 9.55. The molecule has 0 N–H and O–H groups in total. The molecular weight excluding hydrogens is 570 g/mol. The predicted octanol–water partition coefficient (Wildman–Crippen LogP) is 7.45. The van der Waals surface area contributed by atoms with Crippen molar-refractivity contribution >= 4 is 47.8 Å². The van der Waals surface area contributed by atoms with Gasteiger partial charge in [0.25, 0.3) is 7.37 Å². The Morgan fingerprint density at radius 1 is 0.725 bits per heavy atom. The van der Waals surface area contributed by atoms with Crippen molar-refractivity contribution in [3.05, 3.63) is 118 Å². The molecule has 1 aliphatic rings. The summed E-state index contributed by atoms with van der Waals surface area (Å²) in [6, 6.07) is 28.3. The summed E-state index contributed by atoms with van der Waals surface area (Å²) in [5, 5.41) is 1.62. The highest BCUT2D eigenvalue weighted by molar-refractivity contribution is 7.67. The zero-order valence-electron chi connectivity index (χ0n) is 21.3. The monoisotopic (exact) mass is 594 g/mol. The van der Waals surface area contributed by atoms with E-state index in [1.807, 2.05) is 24.3 Å². The van der Waals surface area contributed by atoms with Crippen molar-refractivity contribution < 1.29 is 28.2 Å². The Balaban J connectivity index is 1.37. The first-order valence-corrected chi connectivity index (χ1v) is 15.2. The second-order valence-corrected chi connectivity index (χ2v) is 12.6. The van der Waals surface area contributed by atoms with E-state index in [9.17, 15) is 14.2 Å². The molecule has 0 saturated heterocycles. The maximum atomic E-state index is 14.4. The van der Waals surface area contributed by atoms with Crippen LogP contribution in [0.15, 0.2) is 97.1 Å². The molecule has 9 heteroatoms. The van der Waals surface area contributed by atoms with Crippen LogP contribution in [0.5, 0.6) is 5.75 Å². The lowest BCUT2D eigenvalue weighted by molar-refractivity contribution is -0.155. The van der Waals surface area contributed by atoms with Gasteiger partial charge in [-0.1, -0.05) is 83.9 Å². The molecule has 0 aliphatic carbocycles. The number of para-hydroxylation sites is 1. The van der Waals surface area contributed by atoms with Gasteiger partial charge in [-0.2, -0.15) is 0 Å². The largest absolute Gasteiger partial charge is 0.461 e. The number of benzene rings is 4. The smallest absolute Gasteiger partial charge is 0.310 e. The highest BCUT2D eigenvalue weighted by Gasteiger charge is 2.41. The number of halogens is 2. The molecule has 2 atom stereocenters. The summed E-state index contributed by atoms with van der Waals surface area (Å²) in [6.45, 7) is -0.0240. The maximum Gasteiger partial charge on any atom is 0.310 e. The van der Waals surface area contributed by atoms with E-state index < -0.39 is 25.2 Å². The SMILES string of the molecule is O=C(CC(CP1(=O)Oc2ccccc2-c2ccccc21)C(=O)OCc1ccc(Cl)cc1)OCc1ccc(Cl)cc1. The van der Waals surface area contributed by atoms with Crippen molar-refractivity contribution in [2.24, 2.45) is 5.92 Å². The maximum absolute atomic E-state index is 14.4. The van der Waals surface area contributed by atoms with Crippen LogP contribution in [0, 0.1) is 5.92 Å². The highest BCUT2D eigenvalue weighted by atomic mass is 35.5. The molecule has 4 aromatic rings. The van der Waals surface area contributed by atoms with Crippen LogP contribution in [0.1, 0.15) is 17.5 Å². The summed E-state index contributed by atoms with van der Waals surface area (Å²) in [5.41, 5.74) is 3.05. The number of hydrogen-bond donors (Lipinski definition) is 0. The minimum absolute atomic E-state index is 0.00686. The van der Waals surface area contributed by atoms with Gasteiger partial charge < -0.3 is 14.0 Å². The van der Waals surface area contributed by atoms with Crippen LogP contribution in [-0.2, 0) is 36.8 Å². The van der Waals surface area contributed by atoms with Crippen LogP contribution in [0.3, 0.4) is 0 Å². The first-order chi connectivity index (χ1) is 19.3. The minimum atomic E-state index is -3.63. The Bertz CT molecular complexity index is 1570. The molecule has 40 heavy (non-hydrogen) atoms. The minimum Gasteiger partial charge on any atom is -0.461 e. The zero-order valence-corrected chi connectivity index (χ0v) is 23.7. The van der Waals surface area contributed by atoms with Crippen LogP contribution in [0.4, 0.5) is 0 Å². The van der Waals surface area contributed by atoms with Gasteiger partial charge in [-0.25, -0.2) is 0 Å². The van der Waals surface area contributed by atoms with Crippen molar-refractivity contribution in [2.75, 3.05) is 6.16 Å². The topological polar surface area (TPSA) is 78.9 Å². The third kappa shape index (κ3) is 6.59. The molecule has 1 aliphatic heterocycles. The number of ether oxygens (including phenoxy) is 2. The van der Waals surface area contributed by atoms with E-state index in [1.54, 1.807) is 72.8 Å². The lowest BCUT2D eigenvalue weighted by atomic mass is 10.0. The van der Waals surface area contributed by atoms with Crippen LogP contribution in [0.2, 0.25) is 10.0 Å². The number of fused-ring (bicyclic) bond motifs is 3.